The Morgan fingerprint density at radius 1 is 1.28 bits per heavy atom. The number of nitrogens with one attached hydrogen (secondary N) is 2. The van der Waals surface area contributed by atoms with Gasteiger partial charge in [0.1, 0.15) is 5.82 Å². The van der Waals surface area contributed by atoms with Crippen LogP contribution in [0, 0.1) is 19.7 Å². The van der Waals surface area contributed by atoms with E-state index in [0.717, 1.165) is 29.1 Å². The van der Waals surface area contributed by atoms with Crippen molar-refractivity contribution in [3.05, 3.63) is 52.6 Å². The first kappa shape index (κ1) is 25.4. The van der Waals surface area contributed by atoms with Crippen molar-refractivity contribution >= 4 is 29.9 Å². The van der Waals surface area contributed by atoms with E-state index in [-0.39, 0.29) is 35.2 Å². The number of aryl methyl sites for hydroxylation is 1. The summed E-state index contributed by atoms with van der Waals surface area (Å²) in [5, 5.41) is 11.3. The fraction of sp³-hybridized carbons (Fsp3) is 0.524. The molecule has 0 radical (unpaired) electrons. The quantitative estimate of drug-likeness (QED) is 0.320. The van der Waals surface area contributed by atoms with Crippen molar-refractivity contribution in [2.45, 2.75) is 46.2 Å². The van der Waals surface area contributed by atoms with Crippen molar-refractivity contribution < 1.29 is 9.13 Å². The minimum Gasteiger partial charge on any atom is -0.383 e. The third kappa shape index (κ3) is 6.95. The summed E-state index contributed by atoms with van der Waals surface area (Å²) >= 11 is 0. The van der Waals surface area contributed by atoms with Gasteiger partial charge in [-0.05, 0) is 31.5 Å². The Labute approximate surface area is 190 Å². The SMILES string of the molecule is CN=C(NCc1c(C)nn(CCOC)c1C)NCC(C)(C)c1cccc(F)c1.I. The Hall–Kier alpha value is -1.68. The number of aliphatic imine (C=N–C) groups is 1. The van der Waals surface area contributed by atoms with E-state index in [9.17, 15) is 4.39 Å². The van der Waals surface area contributed by atoms with Gasteiger partial charge in [-0.25, -0.2) is 4.39 Å². The maximum absolute atomic E-state index is 13.6. The van der Waals surface area contributed by atoms with E-state index in [1.807, 2.05) is 17.7 Å². The highest BCUT2D eigenvalue weighted by atomic mass is 127. The van der Waals surface area contributed by atoms with Gasteiger partial charge in [0.05, 0.1) is 18.8 Å². The molecule has 0 saturated carbocycles. The summed E-state index contributed by atoms with van der Waals surface area (Å²) in [6.45, 7) is 10.9. The highest BCUT2D eigenvalue weighted by Crippen LogP contribution is 2.22. The zero-order valence-electron chi connectivity index (χ0n) is 18.2. The topological polar surface area (TPSA) is 63.5 Å². The molecule has 0 unspecified atom stereocenters. The first-order valence-corrected chi connectivity index (χ1v) is 9.51. The molecule has 1 aromatic carbocycles. The second-order valence-corrected chi connectivity index (χ2v) is 7.54. The first-order valence-electron chi connectivity index (χ1n) is 9.51. The van der Waals surface area contributed by atoms with Gasteiger partial charge in [-0.2, -0.15) is 5.10 Å². The van der Waals surface area contributed by atoms with E-state index in [1.165, 1.54) is 6.07 Å². The van der Waals surface area contributed by atoms with Gasteiger partial charge in [-0.15, -0.1) is 24.0 Å². The van der Waals surface area contributed by atoms with Gasteiger partial charge in [0.25, 0.3) is 0 Å². The summed E-state index contributed by atoms with van der Waals surface area (Å²) in [5.74, 6) is 0.484. The molecular formula is C21H33FIN5O. The van der Waals surface area contributed by atoms with E-state index in [0.29, 0.717) is 25.7 Å². The third-order valence-electron chi connectivity index (χ3n) is 5.00. The fourth-order valence-electron chi connectivity index (χ4n) is 3.09. The number of nitrogens with zero attached hydrogens (tertiary/aromatic N) is 3. The molecule has 0 aliphatic carbocycles. The van der Waals surface area contributed by atoms with Gasteiger partial charge in [0, 0.05) is 43.9 Å². The Morgan fingerprint density at radius 3 is 2.62 bits per heavy atom. The first-order chi connectivity index (χ1) is 13.3. The molecule has 0 aliphatic rings. The molecule has 0 spiro atoms. The number of hydrogen-bond donors (Lipinski definition) is 2. The van der Waals surface area contributed by atoms with Crippen LogP contribution in [-0.4, -0.2) is 43.0 Å². The van der Waals surface area contributed by atoms with Crippen molar-refractivity contribution in [2.75, 3.05) is 27.3 Å². The number of rotatable bonds is 8. The maximum Gasteiger partial charge on any atom is 0.191 e. The molecule has 2 aromatic rings. The molecule has 2 rings (SSSR count). The molecule has 162 valence electrons. The fourth-order valence-corrected chi connectivity index (χ4v) is 3.09. The maximum atomic E-state index is 13.6. The lowest BCUT2D eigenvalue weighted by Crippen LogP contribution is -2.43. The summed E-state index contributed by atoms with van der Waals surface area (Å²) < 4.78 is 20.7. The molecule has 0 aliphatic heterocycles. The van der Waals surface area contributed by atoms with E-state index in [4.69, 9.17) is 4.74 Å². The molecule has 0 fully saturated rings. The van der Waals surface area contributed by atoms with Crippen LogP contribution in [0.15, 0.2) is 29.3 Å². The number of guanidine groups is 1. The summed E-state index contributed by atoms with van der Waals surface area (Å²) in [4.78, 5) is 4.31. The van der Waals surface area contributed by atoms with Crippen LogP contribution in [-0.2, 0) is 23.2 Å². The third-order valence-corrected chi connectivity index (χ3v) is 5.00. The molecular weight excluding hydrogens is 484 g/mol. The molecule has 0 bridgehead atoms. The molecule has 29 heavy (non-hydrogen) atoms. The van der Waals surface area contributed by atoms with Crippen LogP contribution in [0.25, 0.3) is 0 Å². The number of halogens is 2. The van der Waals surface area contributed by atoms with Gasteiger partial charge >= 0.3 is 0 Å². The molecule has 0 saturated heterocycles. The molecule has 0 amide bonds. The highest BCUT2D eigenvalue weighted by Gasteiger charge is 2.21. The van der Waals surface area contributed by atoms with E-state index in [2.05, 4.69) is 41.5 Å². The predicted molar refractivity (Wildman–Crippen MR) is 127 cm³/mol. The largest absolute Gasteiger partial charge is 0.383 e. The second kappa shape index (κ2) is 11.5. The van der Waals surface area contributed by atoms with Crippen molar-refractivity contribution in [3.63, 3.8) is 0 Å². The lowest BCUT2D eigenvalue weighted by molar-refractivity contribution is 0.182. The van der Waals surface area contributed by atoms with Crippen LogP contribution >= 0.6 is 24.0 Å². The van der Waals surface area contributed by atoms with Crippen molar-refractivity contribution in [2.24, 2.45) is 4.99 Å². The van der Waals surface area contributed by atoms with Gasteiger partial charge in [-0.1, -0.05) is 26.0 Å². The normalized spacial score (nSPS) is 11.9. The molecule has 0 atom stereocenters. The second-order valence-electron chi connectivity index (χ2n) is 7.54. The van der Waals surface area contributed by atoms with E-state index < -0.39 is 0 Å². The van der Waals surface area contributed by atoms with Crippen LogP contribution < -0.4 is 10.6 Å². The standard InChI is InChI=1S/C21H32FN5O.HI/c1-15-19(16(2)27(26-15)10-11-28-6)13-24-20(23-5)25-14-21(3,4)17-8-7-9-18(22)12-17;/h7-9,12H,10-11,13-14H2,1-6H3,(H2,23,24,25);1H. The highest BCUT2D eigenvalue weighted by molar-refractivity contribution is 14.0. The van der Waals surface area contributed by atoms with Crippen LogP contribution in [0.1, 0.15) is 36.4 Å². The van der Waals surface area contributed by atoms with E-state index in [1.54, 1.807) is 26.3 Å². The van der Waals surface area contributed by atoms with Gasteiger partial charge in [0.15, 0.2) is 5.96 Å². The van der Waals surface area contributed by atoms with Crippen LogP contribution in [0.3, 0.4) is 0 Å². The summed E-state index contributed by atoms with van der Waals surface area (Å²) in [7, 11) is 3.43. The van der Waals surface area contributed by atoms with Crippen molar-refractivity contribution in [1.29, 1.82) is 0 Å². The van der Waals surface area contributed by atoms with Gasteiger partial charge in [-0.3, -0.25) is 9.67 Å². The zero-order valence-corrected chi connectivity index (χ0v) is 20.5. The van der Waals surface area contributed by atoms with Crippen LogP contribution in [0.4, 0.5) is 4.39 Å². The van der Waals surface area contributed by atoms with E-state index >= 15 is 0 Å². The van der Waals surface area contributed by atoms with Gasteiger partial charge < -0.3 is 15.4 Å². The number of benzene rings is 1. The van der Waals surface area contributed by atoms with Crippen LogP contribution in [0.5, 0.6) is 0 Å². The summed E-state index contributed by atoms with van der Waals surface area (Å²) in [6.07, 6.45) is 0. The summed E-state index contributed by atoms with van der Waals surface area (Å²) in [6, 6.07) is 6.73. The minimum atomic E-state index is -0.239. The van der Waals surface area contributed by atoms with Gasteiger partial charge in [0.2, 0.25) is 0 Å². The van der Waals surface area contributed by atoms with Crippen LogP contribution in [0.2, 0.25) is 0 Å². The Balaban J connectivity index is 0.00000420. The smallest absolute Gasteiger partial charge is 0.191 e. The molecule has 6 nitrogen and oxygen atoms in total. The monoisotopic (exact) mass is 517 g/mol. The molecule has 1 aromatic heterocycles. The average molecular weight is 517 g/mol. The number of ether oxygens (including phenoxy) is 1. The number of methoxy groups -OCH3 is 1. The van der Waals surface area contributed by atoms with Crippen molar-refractivity contribution in [3.8, 4) is 0 Å². The van der Waals surface area contributed by atoms with Crippen molar-refractivity contribution in [1.82, 2.24) is 20.4 Å². The number of aromatic nitrogens is 2. The predicted octanol–water partition coefficient (Wildman–Crippen LogP) is 3.55. The minimum absolute atomic E-state index is 0. The molecule has 1 heterocycles. The zero-order chi connectivity index (χ0) is 20.7. The Bertz CT molecular complexity index is 819. The number of hydrogen-bond acceptors (Lipinski definition) is 3. The average Bonchev–Trinajstić information content (AvgIpc) is 2.93. The Morgan fingerprint density at radius 2 is 2.00 bits per heavy atom. The lowest BCUT2D eigenvalue weighted by Gasteiger charge is -2.27. The Kier molecular flexibility index (Phi) is 10.0. The molecule has 2 N–H and O–H groups in total. The lowest BCUT2D eigenvalue weighted by atomic mass is 9.84. The molecule has 8 heteroatoms. The summed E-state index contributed by atoms with van der Waals surface area (Å²) in [5.41, 5.74) is 3.98.